The summed E-state index contributed by atoms with van der Waals surface area (Å²) in [6, 6.07) is 6.79. The molecule has 20 heavy (non-hydrogen) atoms. The van der Waals surface area contributed by atoms with Crippen molar-refractivity contribution in [2.75, 3.05) is 5.32 Å². The van der Waals surface area contributed by atoms with Crippen LogP contribution in [0.5, 0.6) is 0 Å². The molecule has 0 fully saturated rings. The van der Waals surface area contributed by atoms with Crippen molar-refractivity contribution in [2.24, 2.45) is 0 Å². The Hall–Kier alpha value is -1.79. The zero-order chi connectivity index (χ0) is 15.6. The highest BCUT2D eigenvalue weighted by atomic mass is 19.3. The third kappa shape index (κ3) is 3.40. The fraction of sp³-hybridized carbons (Fsp3) is 0.462. The molecule has 0 aliphatic carbocycles. The van der Waals surface area contributed by atoms with Crippen LogP contribution in [0.3, 0.4) is 0 Å². The Balaban J connectivity index is 2.90. The van der Waals surface area contributed by atoms with Gasteiger partial charge in [0.1, 0.15) is 0 Å². The van der Waals surface area contributed by atoms with Gasteiger partial charge in [0.15, 0.2) is 5.54 Å². The molecule has 0 spiro atoms. The first-order chi connectivity index (χ1) is 8.97. The van der Waals surface area contributed by atoms with Gasteiger partial charge in [0.05, 0.1) is 0 Å². The predicted octanol–water partition coefficient (Wildman–Crippen LogP) is 3.88. The first-order valence-electron chi connectivity index (χ1n) is 5.87. The van der Waals surface area contributed by atoms with Crippen molar-refractivity contribution in [2.45, 2.75) is 38.2 Å². The molecule has 1 rings (SSSR count). The van der Waals surface area contributed by atoms with Crippen molar-refractivity contribution >= 4 is 11.7 Å². The lowest BCUT2D eigenvalue weighted by Gasteiger charge is -2.40. The zero-order valence-corrected chi connectivity index (χ0v) is 11.3. The number of carbonyl (C=O) groups excluding carboxylic acids is 1. The third-order valence-electron chi connectivity index (χ3n) is 3.15. The maximum atomic E-state index is 13.4. The van der Waals surface area contributed by atoms with Gasteiger partial charge in [-0.05, 0) is 19.1 Å². The van der Waals surface area contributed by atoms with Crippen molar-refractivity contribution in [1.82, 2.24) is 5.32 Å². The second-order valence-electron chi connectivity index (χ2n) is 4.85. The van der Waals surface area contributed by atoms with Gasteiger partial charge in [-0.1, -0.05) is 18.2 Å². The van der Waals surface area contributed by atoms with Gasteiger partial charge in [0.25, 0.3) is 11.8 Å². The number of hydrogen-bond acceptors (Lipinski definition) is 1. The lowest BCUT2D eigenvalue weighted by Crippen LogP contribution is -2.67. The maximum Gasteiger partial charge on any atom is 0.320 e. The number of alkyl halides is 4. The molecule has 0 heterocycles. The summed E-state index contributed by atoms with van der Waals surface area (Å²) < 4.78 is 53.8. The van der Waals surface area contributed by atoms with Crippen molar-refractivity contribution in [3.8, 4) is 0 Å². The number of para-hydroxylation sites is 1. The molecule has 0 aliphatic heterocycles. The molecule has 3 nitrogen and oxygen atoms in total. The summed E-state index contributed by atoms with van der Waals surface area (Å²) in [6.45, 7) is 1.29. The van der Waals surface area contributed by atoms with Gasteiger partial charge in [-0.3, -0.25) is 0 Å². The topological polar surface area (TPSA) is 41.1 Å². The molecule has 0 unspecified atom stereocenters. The number of anilines is 1. The van der Waals surface area contributed by atoms with Crippen LogP contribution in [-0.4, -0.2) is 23.4 Å². The normalized spacial score (nSPS) is 12.9. The molecule has 0 aromatic heterocycles. The number of halogens is 4. The minimum Gasteiger partial charge on any atom is -0.321 e. The van der Waals surface area contributed by atoms with Crippen LogP contribution in [0.2, 0.25) is 0 Å². The molecule has 0 saturated heterocycles. The second-order valence-corrected chi connectivity index (χ2v) is 4.85. The number of benzene rings is 1. The van der Waals surface area contributed by atoms with Crippen LogP contribution in [0, 0.1) is 0 Å². The summed E-state index contributed by atoms with van der Waals surface area (Å²) in [5.74, 6) is -7.61. The number of urea groups is 1. The van der Waals surface area contributed by atoms with E-state index in [-0.39, 0.29) is 0 Å². The van der Waals surface area contributed by atoms with Gasteiger partial charge >= 0.3 is 6.03 Å². The Kier molecular flexibility index (Phi) is 4.31. The van der Waals surface area contributed by atoms with Crippen LogP contribution >= 0.6 is 0 Å². The van der Waals surface area contributed by atoms with E-state index >= 15 is 0 Å². The molecule has 1 aromatic rings. The summed E-state index contributed by atoms with van der Waals surface area (Å²) in [7, 11) is 0. The van der Waals surface area contributed by atoms with Crippen molar-refractivity contribution in [1.29, 1.82) is 0 Å². The lowest BCUT2D eigenvalue weighted by molar-refractivity contribution is -0.173. The molecule has 0 bridgehead atoms. The van der Waals surface area contributed by atoms with Gasteiger partial charge < -0.3 is 10.6 Å². The average molecular weight is 292 g/mol. The summed E-state index contributed by atoms with van der Waals surface area (Å²) in [6.07, 6.45) is 0. The third-order valence-corrected chi connectivity index (χ3v) is 3.15. The van der Waals surface area contributed by atoms with Crippen molar-refractivity contribution in [3.63, 3.8) is 0 Å². The Morgan fingerprint density at radius 3 is 1.80 bits per heavy atom. The average Bonchev–Trinajstić information content (AvgIpc) is 2.26. The molecule has 0 aliphatic rings. The van der Waals surface area contributed by atoms with Crippen molar-refractivity contribution < 1.29 is 22.4 Å². The number of rotatable bonds is 4. The first kappa shape index (κ1) is 16.3. The fourth-order valence-electron chi connectivity index (χ4n) is 1.52. The Morgan fingerprint density at radius 2 is 1.40 bits per heavy atom. The van der Waals surface area contributed by atoms with E-state index in [1.54, 1.807) is 23.5 Å². The highest BCUT2D eigenvalue weighted by molar-refractivity contribution is 5.89. The van der Waals surface area contributed by atoms with E-state index in [4.69, 9.17) is 0 Å². The summed E-state index contributed by atoms with van der Waals surface area (Å²) in [4.78, 5) is 11.6. The van der Waals surface area contributed by atoms with E-state index in [1.165, 1.54) is 12.1 Å². The minimum atomic E-state index is -3.81. The fourth-order valence-corrected chi connectivity index (χ4v) is 1.52. The monoisotopic (exact) mass is 292 g/mol. The standard InChI is InChI=1S/C13H16F4N2O/c1-11(12(2,14)15,13(3,16)17)19-10(20)18-9-7-5-4-6-8-9/h4-8H,1-3H3,(H2,18,19,20). The lowest BCUT2D eigenvalue weighted by atomic mass is 9.88. The van der Waals surface area contributed by atoms with Crippen LogP contribution in [-0.2, 0) is 0 Å². The van der Waals surface area contributed by atoms with E-state index in [0.29, 0.717) is 26.5 Å². The van der Waals surface area contributed by atoms with Gasteiger partial charge in [-0.2, -0.15) is 0 Å². The van der Waals surface area contributed by atoms with Gasteiger partial charge in [-0.15, -0.1) is 0 Å². The molecular weight excluding hydrogens is 276 g/mol. The second kappa shape index (κ2) is 5.30. The largest absolute Gasteiger partial charge is 0.321 e. The highest BCUT2D eigenvalue weighted by Crippen LogP contribution is 2.40. The molecule has 112 valence electrons. The molecule has 0 atom stereocenters. The summed E-state index contributed by atoms with van der Waals surface area (Å²) in [5.41, 5.74) is -2.69. The molecule has 7 heteroatoms. The number of carbonyl (C=O) groups is 1. The van der Waals surface area contributed by atoms with Crippen LogP contribution in [0.1, 0.15) is 20.8 Å². The molecular formula is C13H16F4N2O. The van der Waals surface area contributed by atoms with E-state index < -0.39 is 23.4 Å². The van der Waals surface area contributed by atoms with Gasteiger partial charge in [0, 0.05) is 19.5 Å². The number of nitrogens with one attached hydrogen (secondary N) is 2. The molecule has 1 aromatic carbocycles. The quantitative estimate of drug-likeness (QED) is 0.812. The summed E-state index contributed by atoms with van der Waals surface area (Å²) >= 11 is 0. The van der Waals surface area contributed by atoms with Crippen LogP contribution in [0.4, 0.5) is 28.0 Å². The Morgan fingerprint density at radius 1 is 0.950 bits per heavy atom. The molecule has 0 saturated carbocycles. The first-order valence-corrected chi connectivity index (χ1v) is 5.87. The Bertz CT molecular complexity index is 451. The maximum absolute atomic E-state index is 13.4. The van der Waals surface area contributed by atoms with E-state index in [1.807, 2.05) is 0 Å². The van der Waals surface area contributed by atoms with E-state index in [2.05, 4.69) is 5.32 Å². The smallest absolute Gasteiger partial charge is 0.320 e. The van der Waals surface area contributed by atoms with Gasteiger partial charge in [0.2, 0.25) is 0 Å². The van der Waals surface area contributed by atoms with Crippen LogP contribution in [0.25, 0.3) is 0 Å². The van der Waals surface area contributed by atoms with Crippen LogP contribution < -0.4 is 10.6 Å². The zero-order valence-electron chi connectivity index (χ0n) is 11.3. The number of hydrogen-bond donors (Lipinski definition) is 2. The van der Waals surface area contributed by atoms with E-state index in [0.717, 1.165) is 0 Å². The van der Waals surface area contributed by atoms with Crippen molar-refractivity contribution in [3.05, 3.63) is 30.3 Å². The van der Waals surface area contributed by atoms with Gasteiger partial charge in [-0.25, -0.2) is 22.4 Å². The molecule has 2 N–H and O–H groups in total. The van der Waals surface area contributed by atoms with E-state index in [9.17, 15) is 22.4 Å². The summed E-state index contributed by atoms with van der Waals surface area (Å²) in [5, 5.41) is 3.90. The van der Waals surface area contributed by atoms with Crippen LogP contribution in [0.15, 0.2) is 30.3 Å². The highest BCUT2D eigenvalue weighted by Gasteiger charge is 2.61. The molecule has 2 amide bonds. The Labute approximate surface area is 114 Å². The predicted molar refractivity (Wildman–Crippen MR) is 68.2 cm³/mol. The minimum absolute atomic E-state index is 0.311. The SMILES string of the molecule is CC(F)(F)C(C)(NC(=O)Nc1ccccc1)C(C)(F)F. The molecule has 0 radical (unpaired) electrons. The number of amides is 2.